The summed E-state index contributed by atoms with van der Waals surface area (Å²) in [6.07, 6.45) is 2.37. The van der Waals surface area contributed by atoms with E-state index in [1.807, 2.05) is 32.0 Å². The van der Waals surface area contributed by atoms with Crippen molar-refractivity contribution in [3.05, 3.63) is 23.8 Å². The van der Waals surface area contributed by atoms with Gasteiger partial charge in [0, 0.05) is 13.7 Å². The molecule has 0 radical (unpaired) electrons. The summed E-state index contributed by atoms with van der Waals surface area (Å²) in [6, 6.07) is 5.95. The molecule has 2 rings (SSSR count). The third kappa shape index (κ3) is 6.55. The van der Waals surface area contributed by atoms with Crippen LogP contribution in [0.1, 0.15) is 32.3 Å². The highest BCUT2D eigenvalue weighted by Crippen LogP contribution is 2.30. The van der Waals surface area contributed by atoms with Crippen LogP contribution in [-0.2, 0) is 16.0 Å². The molecule has 1 aromatic carbocycles. The molecule has 6 nitrogen and oxygen atoms in total. The number of nitrogens with one attached hydrogen (secondary N) is 2. The van der Waals surface area contributed by atoms with Gasteiger partial charge >= 0.3 is 0 Å². The topological polar surface area (TPSA) is 68.8 Å². The fourth-order valence-electron chi connectivity index (χ4n) is 3.38. The predicted molar refractivity (Wildman–Crippen MR) is 109 cm³/mol. The van der Waals surface area contributed by atoms with Crippen LogP contribution in [0.15, 0.2) is 18.2 Å². The minimum absolute atomic E-state index is 0. The molecule has 0 aliphatic carbocycles. The van der Waals surface area contributed by atoms with Crippen LogP contribution in [-0.4, -0.2) is 52.5 Å². The Morgan fingerprint density at radius 3 is 2.44 bits per heavy atom. The predicted octanol–water partition coefficient (Wildman–Crippen LogP) is 2.58. The number of carbonyl (C=O) groups is 1. The standard InChI is InChI=1S/C20H32N2O4.ClH/c1-4-25-17-7-6-16(14-18(17)26-5-2)8-11-22-19(23)20(15-24-3)9-12-21-13-10-20;/h6-7,14,21H,4-5,8-13,15H2,1-3H3,(H,22,23);1H. The minimum Gasteiger partial charge on any atom is -0.490 e. The molecular formula is C20H33ClN2O4. The van der Waals surface area contributed by atoms with Crippen LogP contribution < -0.4 is 20.1 Å². The highest BCUT2D eigenvalue weighted by Gasteiger charge is 2.39. The Labute approximate surface area is 168 Å². The fraction of sp³-hybridized carbons (Fsp3) is 0.650. The number of benzene rings is 1. The quantitative estimate of drug-likeness (QED) is 0.631. The van der Waals surface area contributed by atoms with Crippen LogP contribution in [0.5, 0.6) is 11.5 Å². The van der Waals surface area contributed by atoms with Crippen LogP contribution >= 0.6 is 12.4 Å². The van der Waals surface area contributed by atoms with Gasteiger partial charge in [-0.2, -0.15) is 0 Å². The maximum atomic E-state index is 12.7. The van der Waals surface area contributed by atoms with Crippen molar-refractivity contribution in [2.24, 2.45) is 5.41 Å². The number of carbonyl (C=O) groups excluding carboxylic acids is 1. The van der Waals surface area contributed by atoms with E-state index in [1.165, 1.54) is 0 Å². The lowest BCUT2D eigenvalue weighted by Gasteiger charge is -2.35. The van der Waals surface area contributed by atoms with Crippen molar-refractivity contribution in [1.29, 1.82) is 0 Å². The van der Waals surface area contributed by atoms with Crippen LogP contribution in [0.25, 0.3) is 0 Å². The summed E-state index contributed by atoms with van der Waals surface area (Å²) in [5.41, 5.74) is 0.707. The second-order valence-electron chi connectivity index (χ2n) is 6.62. The monoisotopic (exact) mass is 400 g/mol. The second kappa shape index (κ2) is 12.1. The molecule has 1 fully saturated rings. The Hall–Kier alpha value is -1.50. The van der Waals surface area contributed by atoms with Crippen LogP contribution in [0, 0.1) is 5.41 Å². The smallest absolute Gasteiger partial charge is 0.228 e. The molecule has 1 aromatic rings. The number of piperidine rings is 1. The Bertz CT molecular complexity index is 572. The molecule has 0 spiro atoms. The zero-order valence-corrected chi connectivity index (χ0v) is 17.5. The zero-order chi connectivity index (χ0) is 18.8. The maximum absolute atomic E-state index is 12.7. The van der Waals surface area contributed by atoms with Crippen molar-refractivity contribution in [1.82, 2.24) is 10.6 Å². The third-order valence-corrected chi connectivity index (χ3v) is 4.77. The van der Waals surface area contributed by atoms with Crippen molar-refractivity contribution >= 4 is 18.3 Å². The van der Waals surface area contributed by atoms with Gasteiger partial charge in [0.1, 0.15) is 0 Å². The molecule has 1 aliphatic rings. The molecule has 0 unspecified atom stereocenters. The average molecular weight is 401 g/mol. The number of ether oxygens (including phenoxy) is 3. The lowest BCUT2D eigenvalue weighted by atomic mass is 9.78. The van der Waals surface area contributed by atoms with Gasteiger partial charge in [0.05, 0.1) is 25.2 Å². The molecule has 1 saturated heterocycles. The fourth-order valence-corrected chi connectivity index (χ4v) is 3.38. The van der Waals surface area contributed by atoms with E-state index >= 15 is 0 Å². The first-order valence-corrected chi connectivity index (χ1v) is 9.51. The Kier molecular flexibility index (Phi) is 10.5. The van der Waals surface area contributed by atoms with E-state index in [0.717, 1.165) is 49.4 Å². The van der Waals surface area contributed by atoms with E-state index in [-0.39, 0.29) is 18.3 Å². The van der Waals surface area contributed by atoms with Crippen molar-refractivity contribution in [2.45, 2.75) is 33.1 Å². The lowest BCUT2D eigenvalue weighted by molar-refractivity contribution is -0.136. The van der Waals surface area contributed by atoms with E-state index in [9.17, 15) is 4.79 Å². The normalized spacial score (nSPS) is 15.5. The van der Waals surface area contributed by atoms with Gasteiger partial charge in [-0.1, -0.05) is 6.07 Å². The number of hydrogen-bond acceptors (Lipinski definition) is 5. The number of halogens is 1. The van der Waals surface area contributed by atoms with Gasteiger partial charge in [0.25, 0.3) is 0 Å². The van der Waals surface area contributed by atoms with Gasteiger partial charge < -0.3 is 24.8 Å². The Morgan fingerprint density at radius 2 is 1.81 bits per heavy atom. The maximum Gasteiger partial charge on any atom is 0.228 e. The van der Waals surface area contributed by atoms with Gasteiger partial charge in [-0.05, 0) is 63.9 Å². The highest BCUT2D eigenvalue weighted by atomic mass is 35.5. The average Bonchev–Trinajstić information content (AvgIpc) is 2.65. The SMILES string of the molecule is CCOc1ccc(CCNC(=O)C2(COC)CCNCC2)cc1OCC.Cl. The van der Waals surface area contributed by atoms with E-state index in [2.05, 4.69) is 10.6 Å². The zero-order valence-electron chi connectivity index (χ0n) is 16.6. The Balaban J connectivity index is 0.00000364. The first-order valence-electron chi connectivity index (χ1n) is 9.51. The van der Waals surface area contributed by atoms with Gasteiger partial charge in [-0.15, -0.1) is 12.4 Å². The molecule has 1 heterocycles. The van der Waals surface area contributed by atoms with E-state index in [4.69, 9.17) is 14.2 Å². The number of rotatable bonds is 10. The van der Waals surface area contributed by atoms with Gasteiger partial charge in [0.2, 0.25) is 5.91 Å². The summed E-state index contributed by atoms with van der Waals surface area (Å²) in [7, 11) is 1.66. The van der Waals surface area contributed by atoms with Gasteiger partial charge in [0.15, 0.2) is 11.5 Å². The van der Waals surface area contributed by atoms with Crippen LogP contribution in [0.3, 0.4) is 0 Å². The molecular weight excluding hydrogens is 368 g/mol. The molecule has 0 saturated carbocycles. The summed E-state index contributed by atoms with van der Waals surface area (Å²) in [6.45, 7) is 7.88. The van der Waals surface area contributed by atoms with Crippen molar-refractivity contribution < 1.29 is 19.0 Å². The van der Waals surface area contributed by atoms with Crippen molar-refractivity contribution in [2.75, 3.05) is 46.6 Å². The molecule has 1 amide bonds. The van der Waals surface area contributed by atoms with Crippen molar-refractivity contribution in [3.8, 4) is 11.5 Å². The molecule has 27 heavy (non-hydrogen) atoms. The van der Waals surface area contributed by atoms with E-state index in [1.54, 1.807) is 7.11 Å². The van der Waals surface area contributed by atoms with E-state index in [0.29, 0.717) is 26.4 Å². The summed E-state index contributed by atoms with van der Waals surface area (Å²) in [5.74, 6) is 1.61. The second-order valence-corrected chi connectivity index (χ2v) is 6.62. The lowest BCUT2D eigenvalue weighted by Crippen LogP contribution is -2.50. The van der Waals surface area contributed by atoms with Crippen molar-refractivity contribution in [3.63, 3.8) is 0 Å². The first kappa shape index (κ1) is 23.5. The number of amides is 1. The third-order valence-electron chi connectivity index (χ3n) is 4.77. The molecule has 2 N–H and O–H groups in total. The van der Waals surface area contributed by atoms with Gasteiger partial charge in [-0.3, -0.25) is 4.79 Å². The summed E-state index contributed by atoms with van der Waals surface area (Å²) in [4.78, 5) is 12.7. The molecule has 7 heteroatoms. The molecule has 154 valence electrons. The summed E-state index contributed by atoms with van der Waals surface area (Å²) in [5, 5.41) is 6.41. The molecule has 1 aliphatic heterocycles. The largest absolute Gasteiger partial charge is 0.490 e. The van der Waals surface area contributed by atoms with E-state index < -0.39 is 5.41 Å². The highest BCUT2D eigenvalue weighted by molar-refractivity contribution is 5.85. The number of methoxy groups -OCH3 is 1. The Morgan fingerprint density at radius 1 is 1.15 bits per heavy atom. The first-order chi connectivity index (χ1) is 12.6. The van der Waals surface area contributed by atoms with Gasteiger partial charge in [-0.25, -0.2) is 0 Å². The van der Waals surface area contributed by atoms with Crippen LogP contribution in [0.2, 0.25) is 0 Å². The molecule has 0 atom stereocenters. The summed E-state index contributed by atoms with van der Waals surface area (Å²) >= 11 is 0. The molecule has 0 bridgehead atoms. The molecule has 0 aromatic heterocycles. The van der Waals surface area contributed by atoms with Crippen LogP contribution in [0.4, 0.5) is 0 Å². The summed E-state index contributed by atoms with van der Waals surface area (Å²) < 4.78 is 16.6. The minimum atomic E-state index is -0.407. The number of hydrogen-bond donors (Lipinski definition) is 2.